The number of ether oxygens (including phenoxy) is 1. The van der Waals surface area contributed by atoms with E-state index in [0.29, 0.717) is 0 Å². The Morgan fingerprint density at radius 3 is 2.74 bits per heavy atom. The molecule has 1 saturated heterocycles. The molecule has 102 valence electrons. The van der Waals surface area contributed by atoms with Crippen LogP contribution >= 0.6 is 0 Å². The first-order valence-corrected chi connectivity index (χ1v) is 8.36. The Kier molecular flexibility index (Phi) is 4.18. The van der Waals surface area contributed by atoms with Crippen LogP contribution < -0.4 is 5.56 Å². The number of morpholine rings is 1. The van der Waals surface area contributed by atoms with E-state index in [1.807, 2.05) is 21.8 Å². The SMILES string of the molecule is O=c1c2ccccc2[se]n1CCCN1CCOCC1. The van der Waals surface area contributed by atoms with Crippen LogP contribution in [0.4, 0.5) is 0 Å². The minimum absolute atomic E-state index is 0.179. The molecule has 1 aromatic heterocycles. The summed E-state index contributed by atoms with van der Waals surface area (Å²) in [6, 6.07) is 7.99. The average molecular weight is 325 g/mol. The second-order valence-electron chi connectivity index (χ2n) is 4.80. The van der Waals surface area contributed by atoms with Crippen molar-refractivity contribution in [1.29, 1.82) is 0 Å². The summed E-state index contributed by atoms with van der Waals surface area (Å²) in [7, 11) is 0. The van der Waals surface area contributed by atoms with Gasteiger partial charge >= 0.3 is 118 Å². The topological polar surface area (TPSA) is 34.5 Å². The monoisotopic (exact) mass is 326 g/mol. The maximum atomic E-state index is 12.2. The molecule has 0 saturated carbocycles. The molecular weight excluding hydrogens is 307 g/mol. The summed E-state index contributed by atoms with van der Waals surface area (Å²) in [4.78, 5) is 14.6. The maximum absolute atomic E-state index is 12.2. The van der Waals surface area contributed by atoms with Gasteiger partial charge in [0.25, 0.3) is 0 Å². The zero-order valence-electron chi connectivity index (χ0n) is 10.9. The Bertz CT molecular complexity index is 599. The molecule has 1 aromatic carbocycles. The van der Waals surface area contributed by atoms with Crippen LogP contribution in [0.1, 0.15) is 6.42 Å². The van der Waals surface area contributed by atoms with E-state index >= 15 is 0 Å². The van der Waals surface area contributed by atoms with Gasteiger partial charge in [-0.3, -0.25) is 0 Å². The molecule has 2 aromatic rings. The van der Waals surface area contributed by atoms with Gasteiger partial charge in [-0.15, -0.1) is 0 Å². The fraction of sp³-hybridized carbons (Fsp3) is 0.500. The zero-order chi connectivity index (χ0) is 13.1. The van der Waals surface area contributed by atoms with Crippen LogP contribution in [0.15, 0.2) is 29.1 Å². The predicted octanol–water partition coefficient (Wildman–Crippen LogP) is 0.781. The Morgan fingerprint density at radius 2 is 1.95 bits per heavy atom. The van der Waals surface area contributed by atoms with Gasteiger partial charge < -0.3 is 0 Å². The van der Waals surface area contributed by atoms with E-state index in [4.69, 9.17) is 4.74 Å². The molecule has 0 N–H and O–H groups in total. The summed E-state index contributed by atoms with van der Waals surface area (Å²) in [5.74, 6) is 0. The summed E-state index contributed by atoms with van der Waals surface area (Å²) in [6.45, 7) is 5.69. The summed E-state index contributed by atoms with van der Waals surface area (Å²) >= 11 is 0.179. The van der Waals surface area contributed by atoms with Gasteiger partial charge in [0.15, 0.2) is 0 Å². The van der Waals surface area contributed by atoms with E-state index in [1.165, 1.54) is 4.26 Å². The molecule has 4 nitrogen and oxygen atoms in total. The van der Waals surface area contributed by atoms with Crippen molar-refractivity contribution in [2.45, 2.75) is 13.0 Å². The van der Waals surface area contributed by atoms with Gasteiger partial charge in [-0.2, -0.15) is 0 Å². The fourth-order valence-electron chi connectivity index (χ4n) is 2.43. The molecule has 5 heteroatoms. The van der Waals surface area contributed by atoms with Crippen LogP contribution in [-0.4, -0.2) is 56.0 Å². The van der Waals surface area contributed by atoms with Gasteiger partial charge in [0.05, 0.1) is 0 Å². The van der Waals surface area contributed by atoms with Crippen LogP contribution in [0.3, 0.4) is 0 Å². The molecule has 19 heavy (non-hydrogen) atoms. The van der Waals surface area contributed by atoms with E-state index in [9.17, 15) is 4.79 Å². The van der Waals surface area contributed by atoms with Crippen LogP contribution in [-0.2, 0) is 11.3 Å². The first-order valence-electron chi connectivity index (χ1n) is 6.73. The number of benzene rings is 1. The quantitative estimate of drug-likeness (QED) is 0.779. The van der Waals surface area contributed by atoms with E-state index in [-0.39, 0.29) is 20.3 Å². The van der Waals surface area contributed by atoms with E-state index in [1.54, 1.807) is 0 Å². The van der Waals surface area contributed by atoms with Gasteiger partial charge in [-0.1, -0.05) is 0 Å². The molecule has 2 heterocycles. The number of nitrogens with zero attached hydrogens (tertiary/aromatic N) is 2. The van der Waals surface area contributed by atoms with Crippen molar-refractivity contribution < 1.29 is 4.74 Å². The molecule has 1 aliphatic rings. The third kappa shape index (κ3) is 3.00. The first-order chi connectivity index (χ1) is 9.34. The van der Waals surface area contributed by atoms with E-state index in [0.717, 1.165) is 51.2 Å². The van der Waals surface area contributed by atoms with Gasteiger partial charge in [0.2, 0.25) is 0 Å². The molecule has 1 aliphatic heterocycles. The number of rotatable bonds is 4. The van der Waals surface area contributed by atoms with Gasteiger partial charge in [0, 0.05) is 0 Å². The van der Waals surface area contributed by atoms with E-state index in [2.05, 4.69) is 11.0 Å². The Labute approximate surface area is 118 Å². The fourth-order valence-corrected chi connectivity index (χ4v) is 4.59. The Hall–Kier alpha value is -0.871. The molecule has 0 unspecified atom stereocenters. The molecule has 0 radical (unpaired) electrons. The van der Waals surface area contributed by atoms with Crippen LogP contribution in [0.5, 0.6) is 0 Å². The summed E-state index contributed by atoms with van der Waals surface area (Å²) in [5.41, 5.74) is 0.220. The third-order valence-electron chi connectivity index (χ3n) is 3.49. The molecule has 0 bridgehead atoms. The zero-order valence-corrected chi connectivity index (χ0v) is 12.6. The summed E-state index contributed by atoms with van der Waals surface area (Å²) < 4.78 is 8.59. The van der Waals surface area contributed by atoms with Gasteiger partial charge in [-0.05, 0) is 0 Å². The average Bonchev–Trinajstić information content (AvgIpc) is 2.78. The molecule has 0 amide bonds. The molecule has 0 aliphatic carbocycles. The minimum atomic E-state index is 0.179. The Balaban J connectivity index is 1.62. The standard InChI is InChI=1S/C14H18N2O2Se/c17-14-12-4-1-2-5-13(12)19-16(14)7-3-6-15-8-10-18-11-9-15/h1-2,4-5H,3,6-11H2. The number of fused-ring (bicyclic) bond motifs is 1. The van der Waals surface area contributed by atoms with Gasteiger partial charge in [-0.25, -0.2) is 0 Å². The molecule has 0 spiro atoms. The number of aromatic nitrogens is 1. The number of aryl methyl sites for hydroxylation is 1. The van der Waals surface area contributed by atoms with Crippen molar-refractivity contribution in [2.24, 2.45) is 0 Å². The second-order valence-corrected chi connectivity index (χ2v) is 7.03. The number of hydrogen-bond acceptors (Lipinski definition) is 3. The van der Waals surface area contributed by atoms with Crippen molar-refractivity contribution in [2.75, 3.05) is 32.8 Å². The first kappa shape index (κ1) is 13.1. The summed E-state index contributed by atoms with van der Waals surface area (Å²) in [5, 5.41) is 0.911. The van der Waals surface area contributed by atoms with Crippen LogP contribution in [0.25, 0.3) is 9.65 Å². The van der Waals surface area contributed by atoms with Crippen molar-refractivity contribution in [3.05, 3.63) is 34.6 Å². The number of hydrogen-bond donors (Lipinski definition) is 0. The molecule has 0 atom stereocenters. The predicted molar refractivity (Wildman–Crippen MR) is 77.0 cm³/mol. The molecule has 1 fully saturated rings. The van der Waals surface area contributed by atoms with Crippen molar-refractivity contribution in [3.8, 4) is 0 Å². The van der Waals surface area contributed by atoms with Crippen molar-refractivity contribution in [1.82, 2.24) is 8.46 Å². The Morgan fingerprint density at radius 1 is 1.16 bits per heavy atom. The van der Waals surface area contributed by atoms with Gasteiger partial charge in [0.1, 0.15) is 0 Å². The van der Waals surface area contributed by atoms with Crippen molar-refractivity contribution >= 4 is 24.4 Å². The normalized spacial score (nSPS) is 17.1. The van der Waals surface area contributed by atoms with Crippen molar-refractivity contribution in [3.63, 3.8) is 0 Å². The summed E-state index contributed by atoms with van der Waals surface area (Å²) in [6.07, 6.45) is 1.06. The van der Waals surface area contributed by atoms with E-state index < -0.39 is 0 Å². The molecule has 3 rings (SSSR count). The van der Waals surface area contributed by atoms with Crippen LogP contribution in [0.2, 0.25) is 0 Å². The third-order valence-corrected chi connectivity index (χ3v) is 5.84. The van der Waals surface area contributed by atoms with Crippen LogP contribution in [0, 0.1) is 0 Å². The second kappa shape index (κ2) is 6.05. The molecular formula is C14H18N2O2Se.